The summed E-state index contributed by atoms with van der Waals surface area (Å²) >= 11 is 0. The van der Waals surface area contributed by atoms with Crippen LogP contribution in [-0.2, 0) is 4.79 Å². The van der Waals surface area contributed by atoms with Gasteiger partial charge in [-0.3, -0.25) is 10.1 Å². The first-order valence-corrected chi connectivity index (χ1v) is 6.66. The zero-order chi connectivity index (χ0) is 12.6. The highest BCUT2D eigenvalue weighted by atomic mass is 16.2. The third-order valence-corrected chi connectivity index (χ3v) is 4.45. The van der Waals surface area contributed by atoms with Crippen molar-refractivity contribution < 1.29 is 4.79 Å². The summed E-state index contributed by atoms with van der Waals surface area (Å²) in [7, 11) is 4.27. The second kappa shape index (κ2) is 4.58. The Morgan fingerprint density at radius 1 is 1.47 bits per heavy atom. The van der Waals surface area contributed by atoms with E-state index in [1.807, 2.05) is 0 Å². The highest BCUT2D eigenvalue weighted by Gasteiger charge is 2.44. The molecule has 0 aromatic carbocycles. The molecule has 1 amide bonds. The number of nitrogens with one attached hydrogen (secondary N) is 1. The van der Waals surface area contributed by atoms with Gasteiger partial charge in [-0.2, -0.15) is 0 Å². The predicted molar refractivity (Wildman–Crippen MR) is 68.6 cm³/mol. The van der Waals surface area contributed by atoms with Gasteiger partial charge in [-0.1, -0.05) is 13.8 Å². The van der Waals surface area contributed by atoms with E-state index < -0.39 is 0 Å². The smallest absolute Gasteiger partial charge is 0.237 e. The molecule has 0 spiro atoms. The molecule has 2 fully saturated rings. The number of hydrogen-bond donors (Lipinski definition) is 1. The summed E-state index contributed by atoms with van der Waals surface area (Å²) in [6, 6.07) is 0. The van der Waals surface area contributed by atoms with E-state index in [4.69, 9.17) is 0 Å². The molecule has 2 rings (SSSR count). The van der Waals surface area contributed by atoms with Gasteiger partial charge in [0.25, 0.3) is 0 Å². The summed E-state index contributed by atoms with van der Waals surface area (Å²) in [6.07, 6.45) is 3.95. The van der Waals surface area contributed by atoms with Gasteiger partial charge in [0, 0.05) is 12.1 Å². The molecular formula is C13H25N3O. The Kier molecular flexibility index (Phi) is 3.46. The Hall–Kier alpha value is -0.610. The Bertz CT molecular complexity index is 297. The lowest BCUT2D eigenvalue weighted by atomic mass is 9.75. The summed E-state index contributed by atoms with van der Waals surface area (Å²) in [5, 5.41) is 3.32. The Balaban J connectivity index is 2.08. The van der Waals surface area contributed by atoms with Gasteiger partial charge in [0.1, 0.15) is 0 Å². The van der Waals surface area contributed by atoms with Crippen LogP contribution in [0.3, 0.4) is 0 Å². The first-order chi connectivity index (χ1) is 7.96. The van der Waals surface area contributed by atoms with Crippen LogP contribution in [0, 0.1) is 5.92 Å². The normalized spacial score (nSPS) is 28.0. The number of carbonyl (C=O) groups is 1. The lowest BCUT2D eigenvalue weighted by Gasteiger charge is -2.50. The molecule has 1 aliphatic heterocycles. The minimum atomic E-state index is 0.222. The van der Waals surface area contributed by atoms with E-state index in [9.17, 15) is 4.79 Å². The summed E-state index contributed by atoms with van der Waals surface area (Å²) in [5.41, 5.74) is 0.231. The molecule has 1 atom stereocenters. The Morgan fingerprint density at radius 3 is 2.53 bits per heavy atom. The molecule has 1 saturated carbocycles. The monoisotopic (exact) mass is 239 g/mol. The van der Waals surface area contributed by atoms with Crippen molar-refractivity contribution in [1.29, 1.82) is 0 Å². The number of carbonyl (C=O) groups excluding carboxylic acids is 1. The average molecular weight is 239 g/mol. The van der Waals surface area contributed by atoms with Crippen molar-refractivity contribution in [3.63, 3.8) is 0 Å². The van der Waals surface area contributed by atoms with Gasteiger partial charge in [-0.25, -0.2) is 0 Å². The second-order valence-electron chi connectivity index (χ2n) is 6.06. The van der Waals surface area contributed by atoms with E-state index in [0.717, 1.165) is 6.54 Å². The lowest BCUT2D eigenvalue weighted by molar-refractivity contribution is -0.131. The molecule has 98 valence electrons. The minimum absolute atomic E-state index is 0.222. The molecule has 0 aromatic rings. The molecule has 0 aromatic heterocycles. The molecule has 2 aliphatic rings. The highest BCUT2D eigenvalue weighted by molar-refractivity contribution is 5.80. The molecule has 4 heteroatoms. The summed E-state index contributed by atoms with van der Waals surface area (Å²) in [4.78, 5) is 16.3. The Morgan fingerprint density at radius 2 is 2.12 bits per heavy atom. The van der Waals surface area contributed by atoms with Gasteiger partial charge in [-0.05, 0) is 39.3 Å². The molecule has 1 N–H and O–H groups in total. The highest BCUT2D eigenvalue weighted by Crippen LogP contribution is 2.37. The van der Waals surface area contributed by atoms with Crippen LogP contribution in [0.25, 0.3) is 0 Å². The van der Waals surface area contributed by atoms with Crippen molar-refractivity contribution in [3.8, 4) is 0 Å². The molecule has 4 nitrogen and oxygen atoms in total. The van der Waals surface area contributed by atoms with Crippen LogP contribution in [0.4, 0.5) is 0 Å². The molecule has 1 saturated heterocycles. The average Bonchev–Trinajstić information content (AvgIpc) is 2.53. The maximum atomic E-state index is 12.0. The quantitative estimate of drug-likeness (QED) is 0.791. The number of likely N-dealkylation sites (N-methyl/N-ethyl adjacent to an activating group) is 1. The fourth-order valence-electron chi connectivity index (χ4n) is 2.99. The van der Waals surface area contributed by atoms with Crippen LogP contribution in [0.2, 0.25) is 0 Å². The summed E-state index contributed by atoms with van der Waals surface area (Å²) in [6.45, 7) is 5.74. The van der Waals surface area contributed by atoms with Gasteiger partial charge in [0.05, 0.1) is 12.7 Å². The number of amides is 1. The van der Waals surface area contributed by atoms with Crippen molar-refractivity contribution in [2.75, 3.05) is 27.2 Å². The number of hydrogen-bond acceptors (Lipinski definition) is 3. The molecule has 0 radical (unpaired) electrons. The molecule has 17 heavy (non-hydrogen) atoms. The van der Waals surface area contributed by atoms with Crippen LogP contribution in [-0.4, -0.2) is 54.6 Å². The number of nitrogens with zero attached hydrogens (tertiary/aromatic N) is 2. The SMILES string of the molecule is CC(C)C1NCC(=O)N1CC1(N(C)C)CCC1. The lowest BCUT2D eigenvalue weighted by Crippen LogP contribution is -2.59. The maximum absolute atomic E-state index is 12.0. The van der Waals surface area contributed by atoms with Gasteiger partial charge in [-0.15, -0.1) is 0 Å². The van der Waals surface area contributed by atoms with Crippen molar-refractivity contribution in [2.45, 2.75) is 44.8 Å². The van der Waals surface area contributed by atoms with Crippen LogP contribution in [0.1, 0.15) is 33.1 Å². The maximum Gasteiger partial charge on any atom is 0.237 e. The van der Waals surface area contributed by atoms with Gasteiger partial charge >= 0.3 is 0 Å². The van der Waals surface area contributed by atoms with Crippen LogP contribution in [0.15, 0.2) is 0 Å². The van der Waals surface area contributed by atoms with Crippen molar-refractivity contribution in [2.24, 2.45) is 5.92 Å². The van der Waals surface area contributed by atoms with Crippen LogP contribution in [0.5, 0.6) is 0 Å². The van der Waals surface area contributed by atoms with E-state index in [2.05, 4.69) is 43.1 Å². The van der Waals surface area contributed by atoms with E-state index in [0.29, 0.717) is 12.5 Å². The minimum Gasteiger partial charge on any atom is -0.324 e. The summed E-state index contributed by atoms with van der Waals surface area (Å²) in [5.74, 6) is 0.734. The molecule has 0 bridgehead atoms. The van der Waals surface area contributed by atoms with Crippen molar-refractivity contribution in [3.05, 3.63) is 0 Å². The zero-order valence-corrected chi connectivity index (χ0v) is 11.5. The Labute approximate surface area is 104 Å². The third kappa shape index (κ3) is 2.20. The second-order valence-corrected chi connectivity index (χ2v) is 6.06. The number of rotatable bonds is 4. The standard InChI is InChI=1S/C13H25N3O/c1-10(2)12-14-8-11(17)16(12)9-13(15(3)4)6-5-7-13/h10,12,14H,5-9H2,1-4H3. The predicted octanol–water partition coefficient (Wildman–Crippen LogP) is 0.885. The van der Waals surface area contributed by atoms with Gasteiger partial charge in [0.15, 0.2) is 0 Å². The third-order valence-electron chi connectivity index (χ3n) is 4.45. The van der Waals surface area contributed by atoms with Gasteiger partial charge in [0.2, 0.25) is 5.91 Å². The van der Waals surface area contributed by atoms with E-state index >= 15 is 0 Å². The van der Waals surface area contributed by atoms with Crippen molar-refractivity contribution in [1.82, 2.24) is 15.1 Å². The summed E-state index contributed by atoms with van der Waals surface area (Å²) < 4.78 is 0. The zero-order valence-electron chi connectivity index (χ0n) is 11.5. The first kappa shape index (κ1) is 12.8. The first-order valence-electron chi connectivity index (χ1n) is 6.66. The fourth-order valence-corrected chi connectivity index (χ4v) is 2.99. The van der Waals surface area contributed by atoms with E-state index in [1.54, 1.807) is 0 Å². The topological polar surface area (TPSA) is 35.6 Å². The molecule has 1 heterocycles. The van der Waals surface area contributed by atoms with E-state index in [-0.39, 0.29) is 17.6 Å². The molecule has 1 aliphatic carbocycles. The molecule has 1 unspecified atom stereocenters. The largest absolute Gasteiger partial charge is 0.324 e. The van der Waals surface area contributed by atoms with Crippen molar-refractivity contribution >= 4 is 5.91 Å². The van der Waals surface area contributed by atoms with Gasteiger partial charge < -0.3 is 9.80 Å². The van der Waals surface area contributed by atoms with E-state index in [1.165, 1.54) is 19.3 Å². The molecular weight excluding hydrogens is 214 g/mol. The van der Waals surface area contributed by atoms with Crippen LogP contribution >= 0.6 is 0 Å². The fraction of sp³-hybridized carbons (Fsp3) is 0.923. The van der Waals surface area contributed by atoms with Crippen LogP contribution < -0.4 is 5.32 Å².